The number of piperazine rings is 1. The van der Waals surface area contributed by atoms with Gasteiger partial charge in [0.15, 0.2) is 5.78 Å². The van der Waals surface area contributed by atoms with E-state index in [2.05, 4.69) is 10.2 Å². The normalized spacial score (nSPS) is 22.3. The largest absolute Gasteiger partial charge is 0.314 e. The van der Waals surface area contributed by atoms with E-state index in [1.54, 1.807) is 28.6 Å². The molecule has 0 spiro atoms. The fourth-order valence-corrected chi connectivity index (χ4v) is 5.04. The third-order valence-corrected chi connectivity index (χ3v) is 6.97. The minimum Gasteiger partial charge on any atom is -0.314 e. The van der Waals surface area contributed by atoms with Gasteiger partial charge in [0.05, 0.1) is 4.90 Å². The molecule has 1 aromatic rings. The molecule has 1 unspecified atom stereocenters. The minimum absolute atomic E-state index is 0. The van der Waals surface area contributed by atoms with E-state index in [-0.39, 0.29) is 29.0 Å². The number of Topliss-reactive ketones (excluding diaryl/α,β-unsaturated/α-hetero) is 1. The zero-order valence-corrected chi connectivity index (χ0v) is 17.0. The van der Waals surface area contributed by atoms with Crippen LogP contribution in [0, 0.1) is 5.92 Å². The van der Waals surface area contributed by atoms with Gasteiger partial charge in [-0.3, -0.25) is 9.69 Å². The van der Waals surface area contributed by atoms with Crippen molar-refractivity contribution in [2.75, 3.05) is 39.3 Å². The predicted octanol–water partition coefficient (Wildman–Crippen LogP) is 1.62. The molecule has 2 fully saturated rings. The Hall–Kier alpha value is -0.990. The Morgan fingerprint density at radius 3 is 2.31 bits per heavy atom. The number of benzene rings is 1. The van der Waals surface area contributed by atoms with E-state index in [4.69, 9.17) is 0 Å². The molecule has 0 aliphatic carbocycles. The fraction of sp³-hybridized carbons (Fsp3) is 0.611. The van der Waals surface area contributed by atoms with Gasteiger partial charge in [0.2, 0.25) is 10.0 Å². The van der Waals surface area contributed by atoms with Crippen LogP contribution in [0.25, 0.3) is 0 Å². The first kappa shape index (κ1) is 21.3. The summed E-state index contributed by atoms with van der Waals surface area (Å²) in [6.07, 6.45) is 0.878. The maximum Gasteiger partial charge on any atom is 0.243 e. The Balaban J connectivity index is 0.00000243. The van der Waals surface area contributed by atoms with Crippen LogP contribution in [0.3, 0.4) is 0 Å². The maximum absolute atomic E-state index is 12.9. The third-order valence-electron chi connectivity index (χ3n) is 5.10. The molecular weight excluding hydrogens is 374 g/mol. The summed E-state index contributed by atoms with van der Waals surface area (Å²) in [5.74, 6) is -0.0651. The molecule has 8 heteroatoms. The van der Waals surface area contributed by atoms with E-state index in [1.165, 1.54) is 0 Å². The van der Waals surface area contributed by atoms with E-state index >= 15 is 0 Å². The highest BCUT2D eigenvalue weighted by Gasteiger charge is 2.35. The summed E-state index contributed by atoms with van der Waals surface area (Å²) < 4.78 is 27.4. The van der Waals surface area contributed by atoms with Crippen LogP contribution in [0.15, 0.2) is 29.2 Å². The lowest BCUT2D eigenvalue weighted by Gasteiger charge is -2.32. The van der Waals surface area contributed by atoms with Crippen molar-refractivity contribution in [1.82, 2.24) is 14.5 Å². The first-order chi connectivity index (χ1) is 11.9. The number of nitrogens with zero attached hydrogens (tertiary/aromatic N) is 2. The van der Waals surface area contributed by atoms with Gasteiger partial charge >= 0.3 is 0 Å². The zero-order chi connectivity index (χ0) is 18.0. The van der Waals surface area contributed by atoms with Crippen molar-refractivity contribution < 1.29 is 13.2 Å². The van der Waals surface area contributed by atoms with E-state index in [0.717, 1.165) is 32.6 Å². The molecule has 0 amide bonds. The van der Waals surface area contributed by atoms with Crippen LogP contribution < -0.4 is 5.32 Å². The van der Waals surface area contributed by atoms with E-state index < -0.39 is 10.0 Å². The lowest BCUT2D eigenvalue weighted by molar-refractivity contribution is 0.0939. The third kappa shape index (κ3) is 4.46. The quantitative estimate of drug-likeness (QED) is 0.759. The summed E-state index contributed by atoms with van der Waals surface area (Å²) in [6, 6.07) is 6.67. The number of halogens is 1. The number of hydrogen-bond donors (Lipinski definition) is 1. The van der Waals surface area contributed by atoms with Gasteiger partial charge in [0, 0.05) is 56.8 Å². The van der Waals surface area contributed by atoms with Crippen molar-refractivity contribution in [3.05, 3.63) is 29.8 Å². The lowest BCUT2D eigenvalue weighted by atomic mass is 10.0. The molecule has 1 aromatic carbocycles. The Labute approximate surface area is 162 Å². The van der Waals surface area contributed by atoms with E-state index in [1.807, 2.05) is 13.8 Å². The lowest BCUT2D eigenvalue weighted by Crippen LogP contribution is -2.49. The second kappa shape index (κ2) is 8.80. The molecular formula is C18H28ClN3O3S. The van der Waals surface area contributed by atoms with Crippen LogP contribution in [0.1, 0.15) is 30.6 Å². The topological polar surface area (TPSA) is 69.7 Å². The SMILES string of the molecule is CC(C)C(=O)c1ccc(S(=O)(=O)N2CCC(N3CCNCC3)C2)cc1.Cl. The average molecular weight is 402 g/mol. The summed E-state index contributed by atoms with van der Waals surface area (Å²) in [6.45, 7) is 8.68. The monoisotopic (exact) mass is 401 g/mol. The molecule has 2 aliphatic rings. The molecule has 0 radical (unpaired) electrons. The van der Waals surface area contributed by atoms with Gasteiger partial charge in [-0.15, -0.1) is 12.4 Å². The van der Waals surface area contributed by atoms with Crippen molar-refractivity contribution in [2.24, 2.45) is 5.92 Å². The molecule has 0 saturated carbocycles. The smallest absolute Gasteiger partial charge is 0.243 e. The molecule has 0 aromatic heterocycles. The molecule has 2 aliphatic heterocycles. The number of rotatable bonds is 5. The summed E-state index contributed by atoms with van der Waals surface area (Å²) in [7, 11) is -3.49. The van der Waals surface area contributed by atoms with E-state index in [9.17, 15) is 13.2 Å². The highest BCUT2D eigenvalue weighted by molar-refractivity contribution is 7.89. The molecule has 2 saturated heterocycles. The molecule has 3 rings (SSSR count). The highest BCUT2D eigenvalue weighted by atomic mass is 35.5. The van der Waals surface area contributed by atoms with Crippen LogP contribution in [-0.2, 0) is 10.0 Å². The second-order valence-electron chi connectivity index (χ2n) is 7.13. The fourth-order valence-electron chi connectivity index (χ4n) is 3.55. The summed E-state index contributed by atoms with van der Waals surface area (Å²) in [4.78, 5) is 14.7. The van der Waals surface area contributed by atoms with Gasteiger partial charge in [-0.1, -0.05) is 26.0 Å². The molecule has 2 heterocycles. The Morgan fingerprint density at radius 1 is 1.12 bits per heavy atom. The average Bonchev–Trinajstić information content (AvgIpc) is 3.13. The molecule has 1 atom stereocenters. The first-order valence-electron chi connectivity index (χ1n) is 8.99. The van der Waals surface area contributed by atoms with Gasteiger partial charge < -0.3 is 5.32 Å². The Bertz CT molecular complexity index is 716. The van der Waals surface area contributed by atoms with Crippen molar-refractivity contribution in [3.8, 4) is 0 Å². The zero-order valence-electron chi connectivity index (χ0n) is 15.3. The number of sulfonamides is 1. The molecule has 26 heavy (non-hydrogen) atoms. The van der Waals surface area contributed by atoms with Gasteiger partial charge in [0.1, 0.15) is 0 Å². The van der Waals surface area contributed by atoms with Gasteiger partial charge in [0.25, 0.3) is 0 Å². The van der Waals surface area contributed by atoms with Crippen LogP contribution in [-0.4, -0.2) is 68.7 Å². The predicted molar refractivity (Wildman–Crippen MR) is 104 cm³/mol. The number of ketones is 1. The van der Waals surface area contributed by atoms with Crippen LogP contribution in [0.5, 0.6) is 0 Å². The van der Waals surface area contributed by atoms with Crippen molar-refractivity contribution in [3.63, 3.8) is 0 Å². The minimum atomic E-state index is -3.49. The van der Waals surface area contributed by atoms with Crippen molar-refractivity contribution in [1.29, 1.82) is 0 Å². The number of carbonyl (C=O) groups is 1. The number of hydrogen-bond acceptors (Lipinski definition) is 5. The Kier molecular flexibility index (Phi) is 7.21. The van der Waals surface area contributed by atoms with Gasteiger partial charge in [-0.05, 0) is 18.6 Å². The van der Waals surface area contributed by atoms with Crippen molar-refractivity contribution >= 4 is 28.2 Å². The molecule has 146 valence electrons. The van der Waals surface area contributed by atoms with E-state index in [0.29, 0.717) is 24.7 Å². The highest BCUT2D eigenvalue weighted by Crippen LogP contribution is 2.24. The van der Waals surface area contributed by atoms with Crippen LogP contribution >= 0.6 is 12.4 Å². The summed E-state index contributed by atoms with van der Waals surface area (Å²) >= 11 is 0. The first-order valence-corrected chi connectivity index (χ1v) is 10.4. The second-order valence-corrected chi connectivity index (χ2v) is 9.07. The standard InChI is InChI=1S/C18H27N3O3S.ClH/c1-14(2)18(22)15-3-5-17(6-4-15)25(23,24)21-10-7-16(13-21)20-11-8-19-9-12-20;/h3-6,14,16,19H,7-13H2,1-2H3;1H. The molecule has 1 N–H and O–H groups in total. The molecule has 6 nitrogen and oxygen atoms in total. The van der Waals surface area contributed by atoms with Crippen LogP contribution in [0.2, 0.25) is 0 Å². The summed E-state index contributed by atoms with van der Waals surface area (Å²) in [5.41, 5.74) is 0.564. The maximum atomic E-state index is 12.9. The summed E-state index contributed by atoms with van der Waals surface area (Å²) in [5, 5.41) is 3.33. The van der Waals surface area contributed by atoms with Crippen LogP contribution in [0.4, 0.5) is 0 Å². The Morgan fingerprint density at radius 2 is 1.73 bits per heavy atom. The van der Waals surface area contributed by atoms with Gasteiger partial charge in [-0.25, -0.2) is 8.42 Å². The van der Waals surface area contributed by atoms with Gasteiger partial charge in [-0.2, -0.15) is 4.31 Å². The number of nitrogens with one attached hydrogen (secondary N) is 1. The molecule has 0 bridgehead atoms. The van der Waals surface area contributed by atoms with Crippen molar-refractivity contribution in [2.45, 2.75) is 31.2 Å². The number of carbonyl (C=O) groups excluding carboxylic acids is 1.